The van der Waals surface area contributed by atoms with Crippen LogP contribution in [0.25, 0.3) is 0 Å². The lowest BCUT2D eigenvalue weighted by molar-refractivity contribution is 0.305. The fourth-order valence-electron chi connectivity index (χ4n) is 4.66. The van der Waals surface area contributed by atoms with Crippen molar-refractivity contribution in [2.45, 2.75) is 45.1 Å². The first-order valence-corrected chi connectivity index (χ1v) is 13.4. The molecule has 0 spiro atoms. The Morgan fingerprint density at radius 2 is 1.59 bits per heavy atom. The van der Waals surface area contributed by atoms with Crippen molar-refractivity contribution in [2.24, 2.45) is 5.10 Å². The zero-order valence-corrected chi connectivity index (χ0v) is 21.6. The van der Waals surface area contributed by atoms with Gasteiger partial charge in [-0.25, -0.2) is 4.39 Å². The summed E-state index contributed by atoms with van der Waals surface area (Å²) in [6.45, 7) is 4.28. The van der Waals surface area contributed by atoms with E-state index in [2.05, 4.69) is 20.3 Å². The van der Waals surface area contributed by atoms with Crippen LogP contribution in [0.1, 0.15) is 49.7 Å². The molecule has 3 heterocycles. The van der Waals surface area contributed by atoms with Crippen LogP contribution < -0.4 is 20.0 Å². The predicted molar refractivity (Wildman–Crippen MR) is 148 cm³/mol. The van der Waals surface area contributed by atoms with Gasteiger partial charge in [0.25, 0.3) is 0 Å². The van der Waals surface area contributed by atoms with E-state index in [-0.39, 0.29) is 5.82 Å². The maximum atomic E-state index is 13.2. The van der Waals surface area contributed by atoms with Gasteiger partial charge in [-0.05, 0) is 74.4 Å². The summed E-state index contributed by atoms with van der Waals surface area (Å²) in [7, 11) is 0. The lowest BCUT2D eigenvalue weighted by atomic mass is 10.1. The molecule has 1 aromatic heterocycles. The van der Waals surface area contributed by atoms with Crippen molar-refractivity contribution in [1.82, 2.24) is 9.97 Å². The number of hydrazone groups is 1. The van der Waals surface area contributed by atoms with Gasteiger partial charge in [-0.3, -0.25) is 5.43 Å². The summed E-state index contributed by atoms with van der Waals surface area (Å²) < 4.78 is 19.2. The summed E-state index contributed by atoms with van der Waals surface area (Å²) in [4.78, 5) is 14.3. The third-order valence-corrected chi connectivity index (χ3v) is 6.92. The van der Waals surface area contributed by atoms with Crippen LogP contribution in [0, 0.1) is 5.82 Å². The maximum absolute atomic E-state index is 13.2. The zero-order valence-electron chi connectivity index (χ0n) is 20.9. The van der Waals surface area contributed by atoms with E-state index in [1.54, 1.807) is 36.5 Å². The topological polar surface area (TPSA) is 65.9 Å². The van der Waals surface area contributed by atoms with Crippen molar-refractivity contribution >= 4 is 35.4 Å². The molecule has 0 atom stereocenters. The number of anilines is 3. The molecule has 0 radical (unpaired) electrons. The number of nitrogens with one attached hydrogen (secondary N) is 1. The van der Waals surface area contributed by atoms with Gasteiger partial charge in [0.1, 0.15) is 24.0 Å². The summed E-state index contributed by atoms with van der Waals surface area (Å²) in [5.74, 6) is 2.71. The van der Waals surface area contributed by atoms with E-state index >= 15 is 0 Å². The maximum Gasteiger partial charge on any atom is 0.229 e. The number of benzene rings is 2. The SMILES string of the molecule is Fc1ccc(COc2ccc(Cl)cc2/C=N/Nc2cc(N3CCCCC3)nc(N3CCCCC3)n2)cc1. The van der Waals surface area contributed by atoms with Gasteiger partial charge >= 0.3 is 0 Å². The Hall–Kier alpha value is -3.39. The molecule has 0 unspecified atom stereocenters. The molecular formula is C28H32ClFN6O. The number of hydrogen-bond donors (Lipinski definition) is 1. The minimum absolute atomic E-state index is 0.272. The summed E-state index contributed by atoms with van der Waals surface area (Å²) in [5.41, 5.74) is 4.70. The minimum Gasteiger partial charge on any atom is -0.488 e. The number of piperidine rings is 2. The second-order valence-electron chi connectivity index (χ2n) is 9.47. The van der Waals surface area contributed by atoms with Gasteiger partial charge < -0.3 is 14.5 Å². The van der Waals surface area contributed by atoms with Crippen LogP contribution in [-0.2, 0) is 6.61 Å². The van der Waals surface area contributed by atoms with E-state index in [0.717, 1.165) is 61.9 Å². The highest BCUT2D eigenvalue weighted by molar-refractivity contribution is 6.30. The van der Waals surface area contributed by atoms with Gasteiger partial charge in [0.2, 0.25) is 5.95 Å². The van der Waals surface area contributed by atoms with Gasteiger partial charge in [0, 0.05) is 42.8 Å². The van der Waals surface area contributed by atoms with Gasteiger partial charge in [-0.2, -0.15) is 15.1 Å². The molecule has 2 fully saturated rings. The Balaban J connectivity index is 1.33. The molecule has 2 saturated heterocycles. The van der Waals surface area contributed by atoms with E-state index in [9.17, 15) is 4.39 Å². The molecular weight excluding hydrogens is 491 g/mol. The van der Waals surface area contributed by atoms with Crippen LogP contribution in [-0.4, -0.2) is 42.4 Å². The van der Waals surface area contributed by atoms with Crippen molar-refractivity contribution in [3.8, 4) is 5.75 Å². The number of ether oxygens (including phenoxy) is 1. The van der Waals surface area contributed by atoms with Gasteiger partial charge in [-0.15, -0.1) is 0 Å². The van der Waals surface area contributed by atoms with Crippen molar-refractivity contribution < 1.29 is 9.13 Å². The van der Waals surface area contributed by atoms with Crippen molar-refractivity contribution in [2.75, 3.05) is 41.4 Å². The third-order valence-electron chi connectivity index (χ3n) is 6.68. The molecule has 5 rings (SSSR count). The predicted octanol–water partition coefficient (Wildman–Crippen LogP) is 6.27. The standard InChI is InChI=1S/C28H32ClFN6O/c29-23-9-12-25(37-20-21-7-10-24(30)11-8-21)22(17-23)19-31-34-26-18-27(35-13-3-1-4-14-35)33-28(32-26)36-15-5-2-6-16-36/h7-12,17-19H,1-6,13-16,20H2,(H,32,33,34)/b31-19+. The summed E-state index contributed by atoms with van der Waals surface area (Å²) in [5, 5.41) is 5.04. The fraction of sp³-hybridized carbons (Fsp3) is 0.393. The average molecular weight is 523 g/mol. The van der Waals surface area contributed by atoms with Crippen LogP contribution in [0.15, 0.2) is 53.6 Å². The molecule has 194 valence electrons. The van der Waals surface area contributed by atoms with Gasteiger partial charge in [0.05, 0.1) is 6.21 Å². The number of rotatable bonds is 8. The Morgan fingerprint density at radius 1 is 0.892 bits per heavy atom. The lowest BCUT2D eigenvalue weighted by Gasteiger charge is -2.31. The molecule has 0 aliphatic carbocycles. The Bertz CT molecular complexity index is 1170. The molecule has 7 nitrogen and oxygen atoms in total. The largest absolute Gasteiger partial charge is 0.488 e. The highest BCUT2D eigenvalue weighted by atomic mass is 35.5. The molecule has 0 amide bonds. The number of nitrogens with zero attached hydrogens (tertiary/aromatic N) is 5. The molecule has 3 aromatic rings. The van der Waals surface area contributed by atoms with E-state index < -0.39 is 0 Å². The molecule has 2 aliphatic heterocycles. The van der Waals surface area contributed by atoms with Crippen molar-refractivity contribution in [3.05, 3.63) is 70.5 Å². The van der Waals surface area contributed by atoms with Crippen LogP contribution in [0.5, 0.6) is 5.75 Å². The van der Waals surface area contributed by atoms with E-state index in [1.165, 1.54) is 37.8 Å². The molecule has 0 saturated carbocycles. The second-order valence-corrected chi connectivity index (χ2v) is 9.91. The number of hydrogen-bond acceptors (Lipinski definition) is 7. The monoisotopic (exact) mass is 522 g/mol. The fourth-order valence-corrected chi connectivity index (χ4v) is 4.84. The highest BCUT2D eigenvalue weighted by Gasteiger charge is 2.19. The van der Waals surface area contributed by atoms with E-state index in [1.807, 2.05) is 6.07 Å². The second kappa shape index (κ2) is 12.2. The lowest BCUT2D eigenvalue weighted by Crippen LogP contribution is -2.33. The van der Waals surface area contributed by atoms with Crippen LogP contribution in [0.2, 0.25) is 5.02 Å². The zero-order chi connectivity index (χ0) is 25.5. The van der Waals surface area contributed by atoms with Crippen molar-refractivity contribution in [3.63, 3.8) is 0 Å². The Labute approximate surface area is 222 Å². The first-order chi connectivity index (χ1) is 18.1. The van der Waals surface area contributed by atoms with Crippen LogP contribution in [0.4, 0.5) is 22.0 Å². The molecule has 37 heavy (non-hydrogen) atoms. The molecule has 2 aliphatic rings. The molecule has 2 aromatic carbocycles. The van der Waals surface area contributed by atoms with Crippen molar-refractivity contribution in [1.29, 1.82) is 0 Å². The van der Waals surface area contributed by atoms with Crippen LogP contribution >= 0.6 is 11.6 Å². The average Bonchev–Trinajstić information content (AvgIpc) is 2.94. The smallest absolute Gasteiger partial charge is 0.229 e. The summed E-state index contributed by atoms with van der Waals surface area (Å²) in [6, 6.07) is 13.6. The summed E-state index contributed by atoms with van der Waals surface area (Å²) >= 11 is 6.25. The van der Waals surface area contributed by atoms with Gasteiger partial charge in [0.15, 0.2) is 5.82 Å². The number of halogens is 2. The first-order valence-electron chi connectivity index (χ1n) is 13.0. The van der Waals surface area contributed by atoms with E-state index in [4.69, 9.17) is 26.3 Å². The quantitative estimate of drug-likeness (QED) is 0.277. The van der Waals surface area contributed by atoms with Crippen LogP contribution in [0.3, 0.4) is 0 Å². The normalized spacial score (nSPS) is 16.3. The highest BCUT2D eigenvalue weighted by Crippen LogP contribution is 2.26. The first kappa shape index (κ1) is 25.3. The molecule has 0 bridgehead atoms. The minimum atomic E-state index is -0.272. The van der Waals surface area contributed by atoms with E-state index in [0.29, 0.717) is 23.2 Å². The Kier molecular flexibility index (Phi) is 8.35. The van der Waals surface area contributed by atoms with Gasteiger partial charge in [-0.1, -0.05) is 23.7 Å². The molecule has 9 heteroatoms. The molecule has 1 N–H and O–H groups in total. The number of aromatic nitrogens is 2. The third kappa shape index (κ3) is 6.89. The summed E-state index contributed by atoms with van der Waals surface area (Å²) in [6.07, 6.45) is 8.87. The Morgan fingerprint density at radius 3 is 2.32 bits per heavy atom.